The van der Waals surface area contributed by atoms with Crippen LogP contribution in [0.4, 0.5) is 22.7 Å². The number of rotatable bonds is 4. The molecule has 26 heavy (non-hydrogen) atoms. The molecule has 0 N–H and O–H groups in total. The first-order valence-corrected chi connectivity index (χ1v) is 8.35. The Bertz CT molecular complexity index is 1020. The molecular formula is C22H16N4. The van der Waals surface area contributed by atoms with Gasteiger partial charge in [-0.2, -0.15) is 15.3 Å². The fourth-order valence-electron chi connectivity index (χ4n) is 2.59. The van der Waals surface area contributed by atoms with E-state index in [0.29, 0.717) is 0 Å². The third-order valence-corrected chi connectivity index (χ3v) is 3.93. The van der Waals surface area contributed by atoms with Crippen molar-refractivity contribution in [3.8, 4) is 11.1 Å². The molecule has 0 spiro atoms. The summed E-state index contributed by atoms with van der Waals surface area (Å²) in [4.78, 5) is 0. The molecule has 4 nitrogen and oxygen atoms in total. The molecule has 0 atom stereocenters. The molecule has 0 saturated heterocycles. The van der Waals surface area contributed by atoms with E-state index in [4.69, 9.17) is 0 Å². The Balaban J connectivity index is 1.49. The van der Waals surface area contributed by atoms with Crippen molar-refractivity contribution in [1.29, 1.82) is 0 Å². The van der Waals surface area contributed by atoms with Crippen LogP contribution in [0.1, 0.15) is 0 Å². The van der Waals surface area contributed by atoms with Crippen LogP contribution in [0, 0.1) is 0 Å². The molecule has 4 heteroatoms. The fraction of sp³-hybridized carbons (Fsp3) is 0. The van der Waals surface area contributed by atoms with Crippen molar-refractivity contribution in [2.24, 2.45) is 20.5 Å². The highest BCUT2D eigenvalue weighted by atomic mass is 15.1. The first kappa shape index (κ1) is 15.8. The van der Waals surface area contributed by atoms with Crippen molar-refractivity contribution in [3.63, 3.8) is 0 Å². The zero-order valence-corrected chi connectivity index (χ0v) is 14.0. The van der Waals surface area contributed by atoms with E-state index in [1.807, 2.05) is 78.9 Å². The van der Waals surface area contributed by atoms with Gasteiger partial charge in [0.15, 0.2) is 0 Å². The smallest absolute Gasteiger partial charge is 0.0935 e. The van der Waals surface area contributed by atoms with Gasteiger partial charge in [0.1, 0.15) is 0 Å². The Hall–Kier alpha value is -3.66. The number of fused-ring (bicyclic) bond motifs is 1. The van der Waals surface area contributed by atoms with Gasteiger partial charge in [-0.25, -0.2) is 0 Å². The standard InChI is InChI=1S/C22H16N4/c1-3-7-17-11-16-22(21(17)10-6-1)26-25-20-14-12-19(13-15-20)24-23-18-8-4-2-5-9-18/h1-16H. The second kappa shape index (κ2) is 7.49. The van der Waals surface area contributed by atoms with Crippen molar-refractivity contribution in [3.05, 3.63) is 97.1 Å². The second-order valence-corrected chi connectivity index (χ2v) is 5.75. The first-order chi connectivity index (χ1) is 12.9. The van der Waals surface area contributed by atoms with Crippen molar-refractivity contribution in [2.75, 3.05) is 0 Å². The second-order valence-electron chi connectivity index (χ2n) is 5.75. The average molecular weight is 336 g/mol. The van der Waals surface area contributed by atoms with Crippen LogP contribution in [-0.4, -0.2) is 0 Å². The normalized spacial score (nSPS) is 11.5. The van der Waals surface area contributed by atoms with Crippen LogP contribution in [0.3, 0.4) is 0 Å². The molecule has 0 saturated carbocycles. The predicted octanol–water partition coefficient (Wildman–Crippen LogP) is 7.62. The summed E-state index contributed by atoms with van der Waals surface area (Å²) in [5, 5.41) is 17.1. The maximum Gasteiger partial charge on any atom is 0.0935 e. The summed E-state index contributed by atoms with van der Waals surface area (Å²) in [7, 11) is 0. The van der Waals surface area contributed by atoms with Gasteiger partial charge < -0.3 is 0 Å². The van der Waals surface area contributed by atoms with Gasteiger partial charge in [-0.15, -0.1) is 5.11 Å². The first-order valence-electron chi connectivity index (χ1n) is 8.35. The molecule has 2 aliphatic rings. The van der Waals surface area contributed by atoms with Crippen LogP contribution in [0.25, 0.3) is 11.1 Å². The van der Waals surface area contributed by atoms with Crippen LogP contribution in [0.15, 0.2) is 118 Å². The Morgan fingerprint density at radius 2 is 0.923 bits per heavy atom. The molecule has 0 unspecified atom stereocenters. The van der Waals surface area contributed by atoms with E-state index >= 15 is 0 Å². The lowest BCUT2D eigenvalue weighted by atomic mass is 10.2. The topological polar surface area (TPSA) is 49.4 Å². The van der Waals surface area contributed by atoms with Crippen molar-refractivity contribution < 1.29 is 0 Å². The lowest BCUT2D eigenvalue weighted by Crippen LogP contribution is -1.67. The minimum Gasteiger partial charge on any atom is -0.151 e. The van der Waals surface area contributed by atoms with E-state index < -0.39 is 0 Å². The third-order valence-electron chi connectivity index (χ3n) is 3.93. The van der Waals surface area contributed by atoms with Gasteiger partial charge in [-0.05, 0) is 48.0 Å². The zero-order chi connectivity index (χ0) is 17.6. The van der Waals surface area contributed by atoms with E-state index in [1.54, 1.807) is 0 Å². The Labute approximate surface area is 151 Å². The van der Waals surface area contributed by atoms with Gasteiger partial charge in [-0.3, -0.25) is 0 Å². The van der Waals surface area contributed by atoms with Gasteiger partial charge in [-0.1, -0.05) is 54.6 Å². The lowest BCUT2D eigenvalue weighted by molar-refractivity contribution is 1.21. The minimum absolute atomic E-state index is 0.776. The number of hydrogen-bond donors (Lipinski definition) is 0. The van der Waals surface area contributed by atoms with Crippen molar-refractivity contribution >= 4 is 22.7 Å². The van der Waals surface area contributed by atoms with E-state index in [2.05, 4.69) is 38.7 Å². The molecule has 0 heterocycles. The summed E-state index contributed by atoms with van der Waals surface area (Å²) in [5.74, 6) is 0. The molecular weight excluding hydrogens is 320 g/mol. The summed E-state index contributed by atoms with van der Waals surface area (Å²) < 4.78 is 0. The largest absolute Gasteiger partial charge is 0.151 e. The Morgan fingerprint density at radius 3 is 1.62 bits per heavy atom. The van der Waals surface area contributed by atoms with E-state index in [9.17, 15) is 0 Å². The number of azo groups is 2. The molecule has 2 aromatic carbocycles. The highest BCUT2D eigenvalue weighted by Crippen LogP contribution is 2.34. The third kappa shape index (κ3) is 3.70. The Morgan fingerprint density at radius 1 is 0.385 bits per heavy atom. The molecule has 0 bridgehead atoms. The van der Waals surface area contributed by atoms with Crippen LogP contribution in [-0.2, 0) is 0 Å². The van der Waals surface area contributed by atoms with Gasteiger partial charge in [0, 0.05) is 5.56 Å². The summed E-state index contributed by atoms with van der Waals surface area (Å²) in [6, 6.07) is 31.4. The van der Waals surface area contributed by atoms with Crippen LogP contribution in [0.5, 0.6) is 0 Å². The monoisotopic (exact) mass is 336 g/mol. The van der Waals surface area contributed by atoms with Crippen LogP contribution >= 0.6 is 0 Å². The quantitative estimate of drug-likeness (QED) is 0.344. The summed E-state index contributed by atoms with van der Waals surface area (Å²) in [6.07, 6.45) is 0. The molecule has 0 radical (unpaired) electrons. The van der Waals surface area contributed by atoms with Gasteiger partial charge in [0.2, 0.25) is 0 Å². The van der Waals surface area contributed by atoms with Crippen LogP contribution < -0.4 is 0 Å². The summed E-state index contributed by atoms with van der Waals surface area (Å²) in [6.45, 7) is 0. The molecule has 4 rings (SSSR count). The molecule has 2 aliphatic carbocycles. The minimum atomic E-state index is 0.776. The summed E-state index contributed by atoms with van der Waals surface area (Å²) in [5.41, 5.74) is 5.49. The van der Waals surface area contributed by atoms with E-state index in [-0.39, 0.29) is 0 Å². The molecule has 0 amide bonds. The molecule has 0 fully saturated rings. The average Bonchev–Trinajstić information content (AvgIpc) is 2.92. The number of nitrogens with zero attached hydrogens (tertiary/aromatic N) is 4. The Kier molecular flexibility index (Phi) is 4.56. The maximum absolute atomic E-state index is 4.39. The van der Waals surface area contributed by atoms with Gasteiger partial charge in [0.25, 0.3) is 0 Å². The fourth-order valence-corrected chi connectivity index (χ4v) is 2.59. The zero-order valence-electron chi connectivity index (χ0n) is 14.0. The van der Waals surface area contributed by atoms with E-state index in [1.165, 1.54) is 0 Å². The lowest BCUT2D eigenvalue weighted by Gasteiger charge is -1.96. The van der Waals surface area contributed by atoms with Gasteiger partial charge in [0.05, 0.1) is 22.7 Å². The number of hydrogen-bond acceptors (Lipinski definition) is 4. The maximum atomic E-state index is 4.39. The highest BCUT2D eigenvalue weighted by Gasteiger charge is 2.06. The van der Waals surface area contributed by atoms with Crippen molar-refractivity contribution in [1.82, 2.24) is 0 Å². The van der Waals surface area contributed by atoms with Gasteiger partial charge >= 0.3 is 0 Å². The van der Waals surface area contributed by atoms with Crippen LogP contribution in [0.2, 0.25) is 0 Å². The predicted molar refractivity (Wildman–Crippen MR) is 104 cm³/mol. The SMILES string of the molecule is c1ccc(N=Nc2ccc(N=Nc3ccc4cccccc3-4)cc2)cc1. The molecule has 2 aromatic rings. The highest BCUT2D eigenvalue weighted by molar-refractivity contribution is 5.79. The number of benzene rings is 2. The molecule has 0 aliphatic heterocycles. The van der Waals surface area contributed by atoms with E-state index in [0.717, 1.165) is 33.9 Å². The summed E-state index contributed by atoms with van der Waals surface area (Å²) >= 11 is 0. The molecule has 124 valence electrons. The molecule has 0 aromatic heterocycles. The van der Waals surface area contributed by atoms with Crippen molar-refractivity contribution in [2.45, 2.75) is 0 Å².